The van der Waals surface area contributed by atoms with Crippen molar-refractivity contribution in [3.8, 4) is 0 Å². The van der Waals surface area contributed by atoms with E-state index in [1.54, 1.807) is 10.7 Å². The Balaban J connectivity index is 2.42. The van der Waals surface area contributed by atoms with Gasteiger partial charge in [0.15, 0.2) is 0 Å². The highest BCUT2D eigenvalue weighted by Gasteiger charge is 2.15. The minimum Gasteiger partial charge on any atom is -0.480 e. The van der Waals surface area contributed by atoms with Crippen LogP contribution in [0.15, 0.2) is 24.5 Å². The van der Waals surface area contributed by atoms with Gasteiger partial charge in [0.1, 0.15) is 6.04 Å². The van der Waals surface area contributed by atoms with Gasteiger partial charge in [-0.05, 0) is 18.6 Å². The van der Waals surface area contributed by atoms with E-state index in [0.717, 1.165) is 16.6 Å². The summed E-state index contributed by atoms with van der Waals surface area (Å²) in [5, 5.41) is 12.9. The van der Waals surface area contributed by atoms with E-state index < -0.39 is 12.0 Å². The zero-order valence-corrected chi connectivity index (χ0v) is 8.92. The van der Waals surface area contributed by atoms with Crippen LogP contribution in [0.25, 0.3) is 5.52 Å². The van der Waals surface area contributed by atoms with Crippen LogP contribution in [0.5, 0.6) is 0 Å². The molecule has 1 atom stereocenters. The van der Waals surface area contributed by atoms with E-state index in [1.807, 2.05) is 25.3 Å². The Morgan fingerprint density at radius 1 is 1.69 bits per heavy atom. The second-order valence-electron chi connectivity index (χ2n) is 3.80. The second-order valence-corrected chi connectivity index (χ2v) is 3.80. The van der Waals surface area contributed by atoms with E-state index in [9.17, 15) is 4.79 Å². The van der Waals surface area contributed by atoms with E-state index in [2.05, 4.69) is 5.10 Å². The molecule has 5 nitrogen and oxygen atoms in total. The molecule has 5 heteroatoms. The van der Waals surface area contributed by atoms with Crippen LogP contribution in [0.2, 0.25) is 0 Å². The molecule has 2 heterocycles. The molecule has 2 rings (SSSR count). The summed E-state index contributed by atoms with van der Waals surface area (Å²) in [7, 11) is 0. The fourth-order valence-corrected chi connectivity index (χ4v) is 1.77. The summed E-state index contributed by atoms with van der Waals surface area (Å²) in [5.41, 5.74) is 8.39. The number of carboxylic acid groups (broad SMARTS) is 1. The molecule has 0 aromatic carbocycles. The topological polar surface area (TPSA) is 80.6 Å². The molecular formula is C11H13N3O2. The van der Waals surface area contributed by atoms with Crippen molar-refractivity contribution >= 4 is 11.5 Å². The number of aromatic nitrogens is 2. The van der Waals surface area contributed by atoms with Crippen LogP contribution >= 0.6 is 0 Å². The van der Waals surface area contributed by atoms with Gasteiger partial charge in [0, 0.05) is 18.2 Å². The van der Waals surface area contributed by atoms with Crippen LogP contribution in [0.3, 0.4) is 0 Å². The minimum absolute atomic E-state index is 0.295. The Kier molecular flexibility index (Phi) is 2.62. The fourth-order valence-electron chi connectivity index (χ4n) is 1.77. The van der Waals surface area contributed by atoms with E-state index >= 15 is 0 Å². The average molecular weight is 219 g/mol. The zero-order valence-electron chi connectivity index (χ0n) is 8.92. The second kappa shape index (κ2) is 3.94. The van der Waals surface area contributed by atoms with Gasteiger partial charge < -0.3 is 10.8 Å². The molecule has 0 amide bonds. The summed E-state index contributed by atoms with van der Waals surface area (Å²) >= 11 is 0. The van der Waals surface area contributed by atoms with Gasteiger partial charge in [0.2, 0.25) is 0 Å². The number of carboxylic acids is 1. The fraction of sp³-hybridized carbons (Fsp3) is 0.273. The normalized spacial score (nSPS) is 12.9. The summed E-state index contributed by atoms with van der Waals surface area (Å²) in [4.78, 5) is 10.7. The number of rotatable bonds is 3. The summed E-state index contributed by atoms with van der Waals surface area (Å²) in [6.07, 6.45) is 3.80. The van der Waals surface area contributed by atoms with E-state index in [-0.39, 0.29) is 0 Å². The number of nitrogens with two attached hydrogens (primary N) is 1. The van der Waals surface area contributed by atoms with Gasteiger partial charge in [-0.1, -0.05) is 6.07 Å². The average Bonchev–Trinajstić information content (AvgIpc) is 2.63. The standard InChI is InChI=1S/C11H13N3O2/c1-7-3-2-4-14-10(7)8(6-13-14)5-9(12)11(15)16/h2-4,6,9H,5,12H2,1H3,(H,15,16). The lowest BCUT2D eigenvalue weighted by Crippen LogP contribution is -2.32. The molecule has 0 radical (unpaired) electrons. The number of carbonyl (C=O) groups is 1. The Morgan fingerprint density at radius 3 is 3.12 bits per heavy atom. The highest BCUT2D eigenvalue weighted by molar-refractivity contribution is 5.74. The van der Waals surface area contributed by atoms with Gasteiger partial charge in [-0.2, -0.15) is 5.10 Å². The SMILES string of the molecule is Cc1cccn2ncc(CC(N)C(=O)O)c12. The first-order valence-electron chi connectivity index (χ1n) is 5.00. The predicted octanol–water partition coefficient (Wildman–Crippen LogP) is 0.597. The van der Waals surface area contributed by atoms with Crippen molar-refractivity contribution in [3.63, 3.8) is 0 Å². The molecule has 0 aliphatic carbocycles. The van der Waals surface area contributed by atoms with E-state index in [4.69, 9.17) is 10.8 Å². The lowest BCUT2D eigenvalue weighted by Gasteiger charge is -2.05. The molecule has 2 aromatic rings. The summed E-state index contributed by atoms with van der Waals surface area (Å²) in [6, 6.07) is 2.98. The number of pyridine rings is 1. The molecule has 0 saturated heterocycles. The largest absolute Gasteiger partial charge is 0.480 e. The molecular weight excluding hydrogens is 206 g/mol. The molecule has 0 saturated carbocycles. The van der Waals surface area contributed by atoms with Gasteiger partial charge >= 0.3 is 5.97 Å². The van der Waals surface area contributed by atoms with Gasteiger partial charge in [-0.25, -0.2) is 4.52 Å². The Bertz CT molecular complexity index is 533. The maximum absolute atomic E-state index is 10.7. The molecule has 0 aliphatic heterocycles. The Labute approximate surface area is 92.5 Å². The van der Waals surface area contributed by atoms with E-state index in [0.29, 0.717) is 6.42 Å². The first-order chi connectivity index (χ1) is 7.59. The first-order valence-corrected chi connectivity index (χ1v) is 5.00. The maximum Gasteiger partial charge on any atom is 0.320 e. The number of aryl methyl sites for hydroxylation is 1. The Morgan fingerprint density at radius 2 is 2.44 bits per heavy atom. The molecule has 16 heavy (non-hydrogen) atoms. The number of hydrogen-bond acceptors (Lipinski definition) is 3. The number of nitrogens with zero attached hydrogens (tertiary/aromatic N) is 2. The highest BCUT2D eigenvalue weighted by Crippen LogP contribution is 2.16. The highest BCUT2D eigenvalue weighted by atomic mass is 16.4. The van der Waals surface area contributed by atoms with Crippen LogP contribution in [0.1, 0.15) is 11.1 Å². The molecule has 0 fully saturated rings. The number of aliphatic carboxylic acids is 1. The van der Waals surface area contributed by atoms with Crippen molar-refractivity contribution in [2.75, 3.05) is 0 Å². The summed E-state index contributed by atoms with van der Waals surface area (Å²) < 4.78 is 1.74. The van der Waals surface area contributed by atoms with Crippen LogP contribution < -0.4 is 5.73 Å². The lowest BCUT2D eigenvalue weighted by molar-refractivity contribution is -0.138. The summed E-state index contributed by atoms with van der Waals surface area (Å²) in [6.45, 7) is 1.97. The first kappa shape index (κ1) is 10.6. The number of fused-ring (bicyclic) bond motifs is 1. The predicted molar refractivity (Wildman–Crippen MR) is 59.2 cm³/mol. The minimum atomic E-state index is -0.993. The van der Waals surface area contributed by atoms with Crippen LogP contribution in [0, 0.1) is 6.92 Å². The van der Waals surface area contributed by atoms with Crippen LogP contribution in [0.4, 0.5) is 0 Å². The smallest absolute Gasteiger partial charge is 0.320 e. The molecule has 3 N–H and O–H groups in total. The van der Waals surface area contributed by atoms with Crippen LogP contribution in [-0.4, -0.2) is 26.7 Å². The quantitative estimate of drug-likeness (QED) is 0.792. The van der Waals surface area contributed by atoms with E-state index in [1.165, 1.54) is 0 Å². The molecule has 0 spiro atoms. The Hall–Kier alpha value is -1.88. The third kappa shape index (κ3) is 1.77. The molecule has 84 valence electrons. The monoisotopic (exact) mass is 219 g/mol. The molecule has 1 unspecified atom stereocenters. The van der Waals surface area contributed by atoms with Crippen LogP contribution in [-0.2, 0) is 11.2 Å². The van der Waals surface area contributed by atoms with Crippen molar-refractivity contribution in [1.82, 2.24) is 9.61 Å². The van der Waals surface area contributed by atoms with Crippen molar-refractivity contribution in [2.45, 2.75) is 19.4 Å². The molecule has 0 bridgehead atoms. The van der Waals surface area contributed by atoms with Gasteiger partial charge in [0.05, 0.1) is 11.7 Å². The lowest BCUT2D eigenvalue weighted by atomic mass is 10.1. The van der Waals surface area contributed by atoms with Gasteiger partial charge in [-0.3, -0.25) is 4.79 Å². The van der Waals surface area contributed by atoms with Crippen molar-refractivity contribution in [2.24, 2.45) is 5.73 Å². The summed E-state index contributed by atoms with van der Waals surface area (Å²) in [5.74, 6) is -0.993. The van der Waals surface area contributed by atoms with Gasteiger partial charge in [0.25, 0.3) is 0 Å². The molecule has 0 aliphatic rings. The van der Waals surface area contributed by atoms with Crippen molar-refractivity contribution in [3.05, 3.63) is 35.7 Å². The third-order valence-corrected chi connectivity index (χ3v) is 2.58. The zero-order chi connectivity index (χ0) is 11.7. The number of hydrogen-bond donors (Lipinski definition) is 2. The molecule has 2 aromatic heterocycles. The van der Waals surface area contributed by atoms with Gasteiger partial charge in [-0.15, -0.1) is 0 Å². The van der Waals surface area contributed by atoms with Crippen molar-refractivity contribution in [1.29, 1.82) is 0 Å². The maximum atomic E-state index is 10.7. The third-order valence-electron chi connectivity index (χ3n) is 2.58. The van der Waals surface area contributed by atoms with Crippen molar-refractivity contribution < 1.29 is 9.90 Å².